The summed E-state index contributed by atoms with van der Waals surface area (Å²) < 4.78 is 42.2. The lowest BCUT2D eigenvalue weighted by atomic mass is 10.3. The molecular weight excluding hydrogens is 431 g/mol. The maximum atomic E-state index is 13.4. The van der Waals surface area contributed by atoms with Crippen molar-refractivity contribution in [1.29, 1.82) is 0 Å². The molecule has 158 valence electrons. The van der Waals surface area contributed by atoms with E-state index in [1.54, 1.807) is 4.68 Å². The molecule has 0 aliphatic carbocycles. The molecule has 0 bridgehead atoms. The van der Waals surface area contributed by atoms with Gasteiger partial charge in [-0.25, -0.2) is 27.5 Å². The van der Waals surface area contributed by atoms with Crippen LogP contribution < -0.4 is 4.90 Å². The number of anilines is 1. The van der Waals surface area contributed by atoms with Gasteiger partial charge in [0.05, 0.1) is 15.6 Å². The van der Waals surface area contributed by atoms with Crippen LogP contribution in [0.2, 0.25) is 5.02 Å². The van der Waals surface area contributed by atoms with Crippen LogP contribution in [0.3, 0.4) is 0 Å². The highest BCUT2D eigenvalue weighted by Crippen LogP contribution is 2.24. The second-order valence-corrected chi connectivity index (χ2v) is 9.39. The van der Waals surface area contributed by atoms with Gasteiger partial charge in [0, 0.05) is 37.9 Å². The predicted molar refractivity (Wildman–Crippen MR) is 111 cm³/mol. The van der Waals surface area contributed by atoms with E-state index in [9.17, 15) is 12.8 Å². The molecule has 0 spiro atoms. The van der Waals surface area contributed by atoms with E-state index in [4.69, 9.17) is 11.6 Å². The number of aryl methyl sites for hydroxylation is 2. The van der Waals surface area contributed by atoms with Crippen molar-refractivity contribution in [1.82, 2.24) is 24.1 Å². The molecule has 1 aliphatic rings. The Kier molecular flexibility index (Phi) is 5.48. The van der Waals surface area contributed by atoms with Crippen molar-refractivity contribution in [3.05, 3.63) is 58.9 Å². The van der Waals surface area contributed by atoms with Gasteiger partial charge in [0.15, 0.2) is 5.82 Å². The zero-order valence-corrected chi connectivity index (χ0v) is 18.0. The number of aromatic nitrogens is 4. The van der Waals surface area contributed by atoms with E-state index < -0.39 is 15.8 Å². The lowest BCUT2D eigenvalue weighted by Gasteiger charge is -2.34. The Morgan fingerprint density at radius 3 is 2.33 bits per heavy atom. The number of hydrogen-bond donors (Lipinski definition) is 0. The standard InChI is InChI=1S/C19H20ClFN6O2S/c1-13-9-14(2)27(24-13)19-11-18(22-12-23-19)25-5-7-26(8-6-25)30(28,29)15-3-4-17(21)16(20)10-15/h3-4,9-12H,5-8H2,1-2H3. The SMILES string of the molecule is Cc1cc(C)n(-c2cc(N3CCN(S(=O)(=O)c4ccc(F)c(Cl)c4)CC3)ncn2)n1. The van der Waals surface area contributed by atoms with Crippen molar-refractivity contribution >= 4 is 27.4 Å². The molecule has 0 radical (unpaired) electrons. The second kappa shape index (κ2) is 7.93. The minimum absolute atomic E-state index is 0.0174. The Balaban J connectivity index is 1.50. The molecule has 4 rings (SSSR count). The van der Waals surface area contributed by atoms with E-state index >= 15 is 0 Å². The fourth-order valence-corrected chi connectivity index (χ4v) is 5.12. The summed E-state index contributed by atoms with van der Waals surface area (Å²) in [5, 5.41) is 4.23. The van der Waals surface area contributed by atoms with Crippen molar-refractivity contribution in [3.63, 3.8) is 0 Å². The fraction of sp³-hybridized carbons (Fsp3) is 0.316. The first-order valence-electron chi connectivity index (χ1n) is 9.31. The van der Waals surface area contributed by atoms with Crippen molar-refractivity contribution < 1.29 is 12.8 Å². The van der Waals surface area contributed by atoms with E-state index in [0.29, 0.717) is 24.7 Å². The first-order valence-corrected chi connectivity index (χ1v) is 11.1. The first kappa shape index (κ1) is 20.7. The minimum Gasteiger partial charge on any atom is -0.354 e. The van der Waals surface area contributed by atoms with Gasteiger partial charge >= 0.3 is 0 Å². The summed E-state index contributed by atoms with van der Waals surface area (Å²) in [7, 11) is -3.75. The predicted octanol–water partition coefficient (Wildman–Crippen LogP) is 2.58. The van der Waals surface area contributed by atoms with Crippen LogP contribution in [0.15, 0.2) is 41.6 Å². The highest BCUT2D eigenvalue weighted by molar-refractivity contribution is 7.89. The zero-order valence-electron chi connectivity index (χ0n) is 16.5. The van der Waals surface area contributed by atoms with E-state index in [1.165, 1.54) is 16.7 Å². The Morgan fingerprint density at radius 2 is 1.70 bits per heavy atom. The van der Waals surface area contributed by atoms with Gasteiger partial charge in [0.25, 0.3) is 0 Å². The molecule has 0 unspecified atom stereocenters. The van der Waals surface area contributed by atoms with Crippen LogP contribution in [0.1, 0.15) is 11.4 Å². The summed E-state index contributed by atoms with van der Waals surface area (Å²) in [6.07, 6.45) is 1.48. The third-order valence-corrected chi connectivity index (χ3v) is 7.14. The molecule has 1 aromatic carbocycles. The molecule has 11 heteroatoms. The Morgan fingerprint density at radius 1 is 1.00 bits per heavy atom. The molecule has 1 fully saturated rings. The Bertz CT molecular complexity index is 1190. The average molecular weight is 451 g/mol. The summed E-state index contributed by atoms with van der Waals surface area (Å²) in [6, 6.07) is 7.24. The van der Waals surface area contributed by atoms with Crippen LogP contribution >= 0.6 is 11.6 Å². The Labute approximate surface area is 179 Å². The summed E-state index contributed by atoms with van der Waals surface area (Å²) in [5.41, 5.74) is 1.86. The van der Waals surface area contributed by atoms with E-state index in [1.807, 2.05) is 30.9 Å². The van der Waals surface area contributed by atoms with Gasteiger partial charge in [-0.2, -0.15) is 9.40 Å². The number of piperazine rings is 1. The van der Waals surface area contributed by atoms with Crippen LogP contribution in [0.5, 0.6) is 0 Å². The summed E-state index contributed by atoms with van der Waals surface area (Å²) in [5.74, 6) is 0.707. The molecule has 0 saturated carbocycles. The topological polar surface area (TPSA) is 84.2 Å². The Hall–Kier alpha value is -2.56. The summed E-state index contributed by atoms with van der Waals surface area (Å²) in [6.45, 7) is 5.34. The zero-order chi connectivity index (χ0) is 21.5. The van der Waals surface area contributed by atoms with Crippen molar-refractivity contribution in [2.24, 2.45) is 0 Å². The van der Waals surface area contributed by atoms with Gasteiger partial charge < -0.3 is 4.90 Å². The van der Waals surface area contributed by atoms with Gasteiger partial charge in [-0.1, -0.05) is 11.6 Å². The van der Waals surface area contributed by atoms with E-state index in [2.05, 4.69) is 15.1 Å². The number of benzene rings is 1. The normalized spacial score (nSPS) is 15.5. The third-order valence-electron chi connectivity index (χ3n) is 4.96. The molecule has 0 N–H and O–H groups in total. The minimum atomic E-state index is -3.75. The lowest BCUT2D eigenvalue weighted by Crippen LogP contribution is -2.49. The van der Waals surface area contributed by atoms with Gasteiger partial charge in [-0.05, 0) is 38.1 Å². The maximum Gasteiger partial charge on any atom is 0.243 e. The molecule has 0 atom stereocenters. The number of halogens is 2. The van der Waals surface area contributed by atoms with Gasteiger partial charge in [0.2, 0.25) is 10.0 Å². The molecule has 1 aliphatic heterocycles. The first-order chi connectivity index (χ1) is 14.3. The highest BCUT2D eigenvalue weighted by Gasteiger charge is 2.29. The molecule has 0 amide bonds. The largest absolute Gasteiger partial charge is 0.354 e. The smallest absolute Gasteiger partial charge is 0.243 e. The van der Waals surface area contributed by atoms with Crippen LogP contribution in [0, 0.1) is 19.7 Å². The van der Waals surface area contributed by atoms with Crippen molar-refractivity contribution in [2.45, 2.75) is 18.7 Å². The van der Waals surface area contributed by atoms with Gasteiger partial charge in [-0.3, -0.25) is 0 Å². The molecular formula is C19H20ClFN6O2S. The second-order valence-electron chi connectivity index (χ2n) is 7.04. The van der Waals surface area contributed by atoms with Crippen LogP contribution in [0.4, 0.5) is 10.2 Å². The van der Waals surface area contributed by atoms with Crippen LogP contribution in [-0.4, -0.2) is 58.7 Å². The number of sulfonamides is 1. The van der Waals surface area contributed by atoms with E-state index in [-0.39, 0.29) is 23.0 Å². The molecule has 3 heterocycles. The highest BCUT2D eigenvalue weighted by atomic mass is 35.5. The number of rotatable bonds is 4. The maximum absolute atomic E-state index is 13.4. The van der Waals surface area contributed by atoms with Crippen LogP contribution in [0.25, 0.3) is 5.82 Å². The third kappa shape index (κ3) is 3.90. The van der Waals surface area contributed by atoms with E-state index in [0.717, 1.165) is 23.5 Å². The lowest BCUT2D eigenvalue weighted by molar-refractivity contribution is 0.383. The van der Waals surface area contributed by atoms with Gasteiger partial charge in [-0.15, -0.1) is 0 Å². The number of hydrogen-bond acceptors (Lipinski definition) is 6. The molecule has 1 saturated heterocycles. The van der Waals surface area contributed by atoms with Crippen molar-refractivity contribution in [3.8, 4) is 5.82 Å². The van der Waals surface area contributed by atoms with Gasteiger partial charge in [0.1, 0.15) is 18.0 Å². The average Bonchev–Trinajstić information content (AvgIpc) is 3.08. The fourth-order valence-electron chi connectivity index (χ4n) is 3.43. The summed E-state index contributed by atoms with van der Waals surface area (Å²) in [4.78, 5) is 10.6. The van der Waals surface area contributed by atoms with Crippen molar-refractivity contribution in [2.75, 3.05) is 31.1 Å². The molecule has 2 aromatic heterocycles. The number of nitrogens with zero attached hydrogens (tertiary/aromatic N) is 6. The monoisotopic (exact) mass is 450 g/mol. The molecule has 3 aromatic rings. The molecule has 30 heavy (non-hydrogen) atoms. The molecule has 8 nitrogen and oxygen atoms in total. The quantitative estimate of drug-likeness (QED) is 0.607. The summed E-state index contributed by atoms with van der Waals surface area (Å²) >= 11 is 5.75. The van der Waals surface area contributed by atoms with Crippen LogP contribution in [-0.2, 0) is 10.0 Å².